The van der Waals surface area contributed by atoms with E-state index < -0.39 is 0 Å². The van der Waals surface area contributed by atoms with Crippen LogP contribution in [0.4, 0.5) is 34.1 Å². The molecule has 0 atom stereocenters. The molecule has 2 aromatic heterocycles. The quantitative estimate of drug-likeness (QED) is 0.135. The molecule has 4 heteroatoms. The molecule has 0 aliphatic carbocycles. The molecule has 2 heterocycles. The molecular formula is C92H56N2O2. The van der Waals surface area contributed by atoms with Crippen LogP contribution in [-0.2, 0) is 0 Å². The molecule has 0 N–H and O–H groups in total. The van der Waals surface area contributed by atoms with E-state index in [2.05, 4.69) is 350 Å². The van der Waals surface area contributed by atoms with E-state index in [9.17, 15) is 0 Å². The fourth-order valence-corrected chi connectivity index (χ4v) is 16.0. The van der Waals surface area contributed by atoms with Crippen molar-refractivity contribution >= 4 is 164 Å². The van der Waals surface area contributed by atoms with Crippen LogP contribution in [0, 0.1) is 0 Å². The average Bonchev–Trinajstić information content (AvgIpc) is 1.60. The summed E-state index contributed by atoms with van der Waals surface area (Å²) >= 11 is 0. The number of hydrogen-bond acceptors (Lipinski definition) is 4. The lowest BCUT2D eigenvalue weighted by atomic mass is 9.84. The van der Waals surface area contributed by atoms with Crippen LogP contribution in [0.3, 0.4) is 0 Å². The second kappa shape index (κ2) is 21.4. The first kappa shape index (κ1) is 53.9. The number of benzene rings is 18. The molecule has 0 saturated heterocycles. The largest absolute Gasteiger partial charge is 0.456 e. The fraction of sp³-hybridized carbons (Fsp3) is 0. The van der Waals surface area contributed by atoms with Crippen molar-refractivity contribution in [1.82, 2.24) is 0 Å². The molecule has 0 unspecified atom stereocenters. The predicted molar refractivity (Wildman–Crippen MR) is 407 cm³/mol. The van der Waals surface area contributed by atoms with Gasteiger partial charge in [0.25, 0.3) is 0 Å². The van der Waals surface area contributed by atoms with Crippen LogP contribution in [0.15, 0.2) is 349 Å². The van der Waals surface area contributed by atoms with Crippen molar-refractivity contribution in [1.29, 1.82) is 0 Å². The van der Waals surface area contributed by atoms with Crippen molar-refractivity contribution in [2.75, 3.05) is 9.80 Å². The summed E-state index contributed by atoms with van der Waals surface area (Å²) in [5.74, 6) is 0. The smallest absolute Gasteiger partial charge is 0.138 e. The van der Waals surface area contributed by atoms with Gasteiger partial charge in [0, 0.05) is 77.4 Å². The molecule has 0 radical (unpaired) electrons. The SMILES string of the molecule is c1ccc(-c2ccc(N(c3c4ccccc4c(-c4c5ccccc5c(N(c5ccc(-c6ccccc6)cc5)c5cc6oc7ccc8ccccc8c7c6c6ccccc56)c5ccccc45)c4ccccc34)c3cc4oc5ccc6ccccc6c5c4c4ccccc34)cc2)cc1. The summed E-state index contributed by atoms with van der Waals surface area (Å²) in [4.78, 5) is 5.03. The summed E-state index contributed by atoms with van der Waals surface area (Å²) in [6.07, 6.45) is 0. The van der Waals surface area contributed by atoms with Crippen molar-refractivity contribution in [2.45, 2.75) is 0 Å². The maximum atomic E-state index is 7.08. The van der Waals surface area contributed by atoms with Crippen molar-refractivity contribution < 1.29 is 8.83 Å². The Bertz CT molecular complexity index is 6050. The number of rotatable bonds is 9. The van der Waals surface area contributed by atoms with Crippen molar-refractivity contribution in [3.05, 3.63) is 340 Å². The fourth-order valence-electron chi connectivity index (χ4n) is 16.0. The van der Waals surface area contributed by atoms with Crippen molar-refractivity contribution in [2.24, 2.45) is 0 Å². The molecule has 0 saturated carbocycles. The van der Waals surface area contributed by atoms with Gasteiger partial charge < -0.3 is 18.6 Å². The number of nitrogens with zero attached hydrogens (tertiary/aromatic N) is 2. The van der Waals surface area contributed by atoms with Crippen LogP contribution >= 0.6 is 0 Å². The molecular weight excluding hydrogens is 1170 g/mol. The van der Waals surface area contributed by atoms with E-state index in [0.29, 0.717) is 0 Å². The first-order chi connectivity index (χ1) is 47.7. The summed E-state index contributed by atoms with van der Waals surface area (Å²) in [6.45, 7) is 0. The van der Waals surface area contributed by atoms with E-state index in [-0.39, 0.29) is 0 Å². The number of furan rings is 2. The minimum atomic E-state index is 0.838. The molecule has 0 spiro atoms. The third kappa shape index (κ3) is 8.16. The molecule has 96 heavy (non-hydrogen) atoms. The molecule has 0 bridgehead atoms. The van der Waals surface area contributed by atoms with Crippen LogP contribution in [0.25, 0.3) is 163 Å². The lowest BCUT2D eigenvalue weighted by Gasteiger charge is -2.32. The van der Waals surface area contributed by atoms with Gasteiger partial charge in [0.1, 0.15) is 22.3 Å². The van der Waals surface area contributed by atoms with Crippen LogP contribution < -0.4 is 9.80 Å². The topological polar surface area (TPSA) is 32.8 Å². The Morgan fingerprint density at radius 3 is 0.812 bits per heavy atom. The molecule has 0 aliphatic rings. The monoisotopic (exact) mass is 1220 g/mol. The highest BCUT2D eigenvalue weighted by Crippen LogP contribution is 2.57. The summed E-state index contributed by atoms with van der Waals surface area (Å²) in [6, 6.07) is 124. The number of hydrogen-bond donors (Lipinski definition) is 0. The van der Waals surface area contributed by atoms with Gasteiger partial charge in [-0.1, -0.05) is 291 Å². The third-order valence-corrected chi connectivity index (χ3v) is 20.1. The number of fused-ring (bicyclic) bond motifs is 18. The van der Waals surface area contributed by atoms with Crippen LogP contribution in [0.5, 0.6) is 0 Å². The molecule has 20 aromatic rings. The summed E-state index contributed by atoms with van der Waals surface area (Å²) in [5.41, 5.74) is 16.7. The zero-order chi connectivity index (χ0) is 63.0. The molecule has 18 aromatic carbocycles. The summed E-state index contributed by atoms with van der Waals surface area (Å²) < 4.78 is 14.2. The van der Waals surface area contributed by atoms with E-state index >= 15 is 0 Å². The average molecular weight is 1220 g/mol. The first-order valence-corrected chi connectivity index (χ1v) is 33.0. The molecule has 0 amide bonds. The van der Waals surface area contributed by atoms with Crippen LogP contribution in [0.2, 0.25) is 0 Å². The molecule has 20 rings (SSSR count). The highest BCUT2D eigenvalue weighted by atomic mass is 16.3. The van der Waals surface area contributed by atoms with Gasteiger partial charge >= 0.3 is 0 Å². The maximum absolute atomic E-state index is 7.08. The van der Waals surface area contributed by atoms with Crippen LogP contribution in [0.1, 0.15) is 0 Å². The highest BCUT2D eigenvalue weighted by molar-refractivity contribution is 6.34. The second-order valence-corrected chi connectivity index (χ2v) is 25.3. The van der Waals surface area contributed by atoms with Gasteiger partial charge in [-0.3, -0.25) is 0 Å². The molecule has 0 fully saturated rings. The van der Waals surface area contributed by atoms with E-state index in [1.54, 1.807) is 0 Å². The highest BCUT2D eigenvalue weighted by Gasteiger charge is 2.30. The summed E-state index contributed by atoms with van der Waals surface area (Å²) in [5, 5.41) is 22.8. The lowest BCUT2D eigenvalue weighted by molar-refractivity contribution is 0.669. The molecule has 0 aliphatic heterocycles. The van der Waals surface area contributed by atoms with E-state index in [1.807, 2.05) is 0 Å². The Hall–Kier alpha value is -12.8. The van der Waals surface area contributed by atoms with Gasteiger partial charge in [0.15, 0.2) is 0 Å². The van der Waals surface area contributed by atoms with Gasteiger partial charge in [0.2, 0.25) is 0 Å². The van der Waals surface area contributed by atoms with Crippen molar-refractivity contribution in [3.63, 3.8) is 0 Å². The molecule has 446 valence electrons. The maximum Gasteiger partial charge on any atom is 0.138 e. The van der Waals surface area contributed by atoms with Crippen LogP contribution in [-0.4, -0.2) is 0 Å². The molecule has 4 nitrogen and oxygen atoms in total. The van der Waals surface area contributed by atoms with Gasteiger partial charge in [0.05, 0.1) is 22.7 Å². The van der Waals surface area contributed by atoms with Gasteiger partial charge in [-0.25, -0.2) is 0 Å². The Balaban J connectivity index is 0.869. The zero-order valence-electron chi connectivity index (χ0n) is 52.0. The van der Waals surface area contributed by atoms with E-state index in [4.69, 9.17) is 8.83 Å². The summed E-state index contributed by atoms with van der Waals surface area (Å²) in [7, 11) is 0. The predicted octanol–water partition coefficient (Wildman–Crippen LogP) is 26.7. The first-order valence-electron chi connectivity index (χ1n) is 33.0. The van der Waals surface area contributed by atoms with E-state index in [1.165, 1.54) is 43.8 Å². The van der Waals surface area contributed by atoms with Gasteiger partial charge in [-0.15, -0.1) is 0 Å². The van der Waals surface area contributed by atoms with Gasteiger partial charge in [-0.2, -0.15) is 0 Å². The Morgan fingerprint density at radius 1 is 0.188 bits per heavy atom. The van der Waals surface area contributed by atoms with Gasteiger partial charge in [-0.05, 0) is 124 Å². The third-order valence-electron chi connectivity index (χ3n) is 20.1. The second-order valence-electron chi connectivity index (χ2n) is 25.3. The minimum absolute atomic E-state index is 0.838. The Labute approximate surface area is 552 Å². The zero-order valence-corrected chi connectivity index (χ0v) is 52.0. The van der Waals surface area contributed by atoms with E-state index in [0.717, 1.165) is 154 Å². The lowest BCUT2D eigenvalue weighted by Crippen LogP contribution is -2.13. The Kier molecular flexibility index (Phi) is 12.0. The normalized spacial score (nSPS) is 12.0. The van der Waals surface area contributed by atoms with Crippen molar-refractivity contribution in [3.8, 4) is 33.4 Å². The minimum Gasteiger partial charge on any atom is -0.456 e. The number of anilines is 6. The Morgan fingerprint density at radius 2 is 0.458 bits per heavy atom. The standard InChI is InChI=1S/C92H56N2O2/c1-3-23-57(24-4-1)59-43-49-63(50-44-59)93(79-55-83-89(69-33-13-11-31-67(69)79)87-65-29-9-7-27-61(65)47-53-81(87)95-83)91-75-39-19-15-35-71(75)85(72-36-16-20-40-76(72)91)86-73-37-17-21-41-77(73)92(78-42-22-18-38-74(78)86)94(64-51-45-60(46-52-64)58-25-5-2-6-26-58)80-56-84-90(70-34-14-12-32-68(70)80)88-66-30-10-8-28-62(66)48-54-82(88)96-84/h1-56H.